The molecule has 0 bridgehead atoms. The number of nitrogens with one attached hydrogen (secondary N) is 1. The molecule has 0 saturated carbocycles. The van der Waals surface area contributed by atoms with Crippen LogP contribution in [0.3, 0.4) is 0 Å². The van der Waals surface area contributed by atoms with Crippen LogP contribution in [-0.2, 0) is 29.2 Å². The lowest BCUT2D eigenvalue weighted by molar-refractivity contribution is 0.346. The Bertz CT molecular complexity index is 1360. The van der Waals surface area contributed by atoms with Crippen molar-refractivity contribution in [3.05, 3.63) is 52.1 Å². The molecule has 32 heavy (non-hydrogen) atoms. The number of aryl methyl sites for hydroxylation is 1. The van der Waals surface area contributed by atoms with Crippen LogP contribution >= 0.6 is 0 Å². The Morgan fingerprint density at radius 1 is 1.12 bits per heavy atom. The molecule has 1 fully saturated rings. The first-order chi connectivity index (χ1) is 15.2. The van der Waals surface area contributed by atoms with Gasteiger partial charge in [0.1, 0.15) is 5.52 Å². The third kappa shape index (κ3) is 3.75. The maximum atomic E-state index is 12.8. The van der Waals surface area contributed by atoms with Gasteiger partial charge in [0.15, 0.2) is 9.84 Å². The molecule has 2 aromatic heterocycles. The van der Waals surface area contributed by atoms with Crippen molar-refractivity contribution in [3.8, 4) is 11.1 Å². The van der Waals surface area contributed by atoms with E-state index in [1.54, 1.807) is 11.6 Å². The van der Waals surface area contributed by atoms with E-state index in [4.69, 9.17) is 0 Å². The van der Waals surface area contributed by atoms with Gasteiger partial charge in [-0.25, -0.2) is 8.42 Å². The number of hydrogen-bond acceptors (Lipinski definition) is 5. The van der Waals surface area contributed by atoms with Crippen LogP contribution in [0.5, 0.6) is 0 Å². The molecule has 0 amide bonds. The minimum Gasteiger partial charge on any atom is -0.364 e. The average Bonchev–Trinajstić information content (AvgIpc) is 2.95. The maximum absolute atomic E-state index is 12.8. The molecule has 0 spiro atoms. The van der Waals surface area contributed by atoms with Crippen molar-refractivity contribution in [2.75, 3.05) is 31.3 Å². The summed E-state index contributed by atoms with van der Waals surface area (Å²) in [6.45, 7) is 2.89. The smallest absolute Gasteiger partial charge is 0.274 e. The van der Waals surface area contributed by atoms with Crippen LogP contribution in [0.15, 0.2) is 35.4 Å². The minimum absolute atomic E-state index is 0.00338. The zero-order valence-electron chi connectivity index (χ0n) is 18.9. The molecule has 0 aliphatic carbocycles. The molecule has 1 N–H and O–H groups in total. The summed E-state index contributed by atoms with van der Waals surface area (Å²) in [5.74, 6) is 0.00338. The van der Waals surface area contributed by atoms with Gasteiger partial charge >= 0.3 is 0 Å². The van der Waals surface area contributed by atoms with Gasteiger partial charge in [-0.2, -0.15) is 0 Å². The first kappa shape index (κ1) is 21.3. The second-order valence-corrected chi connectivity index (χ2v) is 11.6. The summed E-state index contributed by atoms with van der Waals surface area (Å²) in [7, 11) is 0.790. The van der Waals surface area contributed by atoms with Gasteiger partial charge in [-0.1, -0.05) is 6.07 Å². The predicted molar refractivity (Wildman–Crippen MR) is 129 cm³/mol. The number of H-pyrrole nitrogens is 1. The van der Waals surface area contributed by atoms with E-state index >= 15 is 0 Å². The highest BCUT2D eigenvalue weighted by Gasteiger charge is 2.29. The number of aromatic amines is 1. The third-order valence-electron chi connectivity index (χ3n) is 6.88. The Morgan fingerprint density at radius 2 is 1.94 bits per heavy atom. The Balaban J connectivity index is 1.73. The molecule has 4 heterocycles. The third-order valence-corrected chi connectivity index (χ3v) is 7.74. The molecule has 170 valence electrons. The van der Waals surface area contributed by atoms with Gasteiger partial charge in [-0.3, -0.25) is 4.79 Å². The fourth-order valence-corrected chi connectivity index (χ4v) is 6.12. The minimum atomic E-state index is -3.15. The van der Waals surface area contributed by atoms with Gasteiger partial charge in [-0.05, 0) is 62.7 Å². The number of nitrogens with zero attached hydrogens (tertiary/aromatic N) is 3. The molecule has 0 radical (unpaired) electrons. The molecule has 1 aromatic carbocycles. The van der Waals surface area contributed by atoms with Crippen LogP contribution in [0.4, 0.5) is 5.69 Å². The van der Waals surface area contributed by atoms with E-state index in [1.807, 2.05) is 24.5 Å². The van der Waals surface area contributed by atoms with E-state index in [9.17, 15) is 13.2 Å². The summed E-state index contributed by atoms with van der Waals surface area (Å²) in [4.78, 5) is 20.9. The van der Waals surface area contributed by atoms with Crippen molar-refractivity contribution in [2.24, 2.45) is 7.05 Å². The normalized spacial score (nSPS) is 19.6. The summed E-state index contributed by atoms with van der Waals surface area (Å²) < 4.78 is 25.6. The molecule has 2 aliphatic heterocycles. The number of pyridine rings is 1. The second-order valence-electron chi connectivity index (χ2n) is 9.46. The van der Waals surface area contributed by atoms with Crippen molar-refractivity contribution in [2.45, 2.75) is 37.6 Å². The van der Waals surface area contributed by atoms with Crippen molar-refractivity contribution < 1.29 is 8.42 Å². The van der Waals surface area contributed by atoms with Gasteiger partial charge in [0.2, 0.25) is 0 Å². The summed E-state index contributed by atoms with van der Waals surface area (Å²) in [6, 6.07) is 6.42. The zero-order valence-corrected chi connectivity index (χ0v) is 19.7. The monoisotopic (exact) mass is 454 g/mol. The van der Waals surface area contributed by atoms with Crippen LogP contribution in [0.2, 0.25) is 0 Å². The zero-order chi connectivity index (χ0) is 22.6. The van der Waals surface area contributed by atoms with Gasteiger partial charge in [0, 0.05) is 60.5 Å². The molecule has 1 saturated heterocycles. The van der Waals surface area contributed by atoms with E-state index in [2.05, 4.69) is 27.9 Å². The highest BCUT2D eigenvalue weighted by atomic mass is 32.2. The van der Waals surface area contributed by atoms with E-state index in [0.717, 1.165) is 72.2 Å². The second kappa shape index (κ2) is 7.78. The number of sulfone groups is 1. The number of aromatic nitrogens is 2. The van der Waals surface area contributed by atoms with Crippen LogP contribution in [0, 0.1) is 0 Å². The van der Waals surface area contributed by atoms with E-state index in [1.165, 1.54) is 6.26 Å². The standard InChI is InChI=1S/C24H30N4O3S/c1-26-9-4-5-18(8-10-26)28-13-17-12-25-23-22(17)20(14-27(2)24(23)29)19-11-16(6-7-21(19)28)15-32(3,30)31/h6-7,11-12,14,18,25H,4-5,8-10,13,15H2,1-3H3. The van der Waals surface area contributed by atoms with Crippen LogP contribution in [0.1, 0.15) is 30.4 Å². The first-order valence-corrected chi connectivity index (χ1v) is 13.2. The Kier molecular flexibility index (Phi) is 5.17. The molecule has 7 nitrogen and oxygen atoms in total. The first-order valence-electron chi connectivity index (χ1n) is 11.2. The lowest BCUT2D eigenvalue weighted by Gasteiger charge is -2.34. The number of likely N-dealkylation sites (tertiary alicyclic amines) is 1. The summed E-state index contributed by atoms with van der Waals surface area (Å²) in [6.07, 6.45) is 8.46. The van der Waals surface area contributed by atoms with Crippen molar-refractivity contribution in [1.82, 2.24) is 14.5 Å². The maximum Gasteiger partial charge on any atom is 0.274 e. The lowest BCUT2D eigenvalue weighted by atomic mass is 9.98. The molecule has 8 heteroatoms. The van der Waals surface area contributed by atoms with Crippen LogP contribution in [-0.4, -0.2) is 55.3 Å². The number of hydrogen-bond donors (Lipinski definition) is 1. The molecule has 5 rings (SSSR count). The number of anilines is 1. The highest BCUT2D eigenvalue weighted by molar-refractivity contribution is 7.89. The Hall–Kier alpha value is -2.58. The fraction of sp³-hybridized carbons (Fsp3) is 0.458. The largest absolute Gasteiger partial charge is 0.364 e. The molecule has 2 aliphatic rings. The van der Waals surface area contributed by atoms with Gasteiger partial charge in [0.05, 0.1) is 5.75 Å². The quantitative estimate of drug-likeness (QED) is 0.658. The number of fused-ring (bicyclic) bond motifs is 2. The molecular weight excluding hydrogens is 424 g/mol. The van der Waals surface area contributed by atoms with E-state index in [-0.39, 0.29) is 11.3 Å². The van der Waals surface area contributed by atoms with Crippen LogP contribution in [0.25, 0.3) is 22.0 Å². The van der Waals surface area contributed by atoms with Crippen molar-refractivity contribution in [3.63, 3.8) is 0 Å². The van der Waals surface area contributed by atoms with Gasteiger partial charge in [-0.15, -0.1) is 0 Å². The fourth-order valence-electron chi connectivity index (χ4n) is 5.33. The molecular formula is C24H30N4O3S. The highest BCUT2D eigenvalue weighted by Crippen LogP contribution is 2.42. The predicted octanol–water partition coefficient (Wildman–Crippen LogP) is 2.88. The average molecular weight is 455 g/mol. The van der Waals surface area contributed by atoms with E-state index < -0.39 is 9.84 Å². The van der Waals surface area contributed by atoms with Crippen molar-refractivity contribution >= 4 is 26.4 Å². The summed E-state index contributed by atoms with van der Waals surface area (Å²) in [5.41, 5.74) is 5.56. The molecule has 1 atom stereocenters. The SMILES string of the molecule is CN1CCCC(N2Cc3c[nH]c4c(=O)n(C)cc(c34)-c3cc(CS(C)(=O)=O)ccc32)CC1. The van der Waals surface area contributed by atoms with Gasteiger partial charge < -0.3 is 19.4 Å². The summed E-state index contributed by atoms with van der Waals surface area (Å²) in [5, 5.41) is 0.957. The molecule has 3 aromatic rings. The number of rotatable bonds is 3. The number of benzene rings is 1. The summed E-state index contributed by atoms with van der Waals surface area (Å²) >= 11 is 0. The lowest BCUT2D eigenvalue weighted by Crippen LogP contribution is -2.35. The van der Waals surface area contributed by atoms with Gasteiger partial charge in [0.25, 0.3) is 5.56 Å². The van der Waals surface area contributed by atoms with Crippen molar-refractivity contribution in [1.29, 1.82) is 0 Å². The van der Waals surface area contributed by atoms with E-state index in [0.29, 0.717) is 11.6 Å². The van der Waals surface area contributed by atoms with Crippen LogP contribution < -0.4 is 10.5 Å². The Morgan fingerprint density at radius 3 is 2.72 bits per heavy atom. The Labute approximate surface area is 188 Å². The molecule has 1 unspecified atom stereocenters. The topological polar surface area (TPSA) is 78.4 Å².